The molecule has 0 radical (unpaired) electrons. The Morgan fingerprint density at radius 1 is 1.64 bits per heavy atom. The predicted octanol–water partition coefficient (Wildman–Crippen LogP) is 1.62. The van der Waals surface area contributed by atoms with Crippen LogP contribution in [0.4, 0.5) is 0 Å². The lowest BCUT2D eigenvalue weighted by atomic mass is 10.2. The zero-order chi connectivity index (χ0) is 10.3. The van der Waals surface area contributed by atoms with Crippen LogP contribution in [-0.2, 0) is 13.6 Å². The summed E-state index contributed by atoms with van der Waals surface area (Å²) in [6.07, 6.45) is 3.25. The van der Waals surface area contributed by atoms with Crippen molar-refractivity contribution in [3.8, 4) is 0 Å². The molecule has 0 amide bonds. The summed E-state index contributed by atoms with van der Waals surface area (Å²) in [5.41, 5.74) is 3.09. The minimum absolute atomic E-state index is 0.510. The van der Waals surface area contributed by atoms with Crippen molar-refractivity contribution in [2.24, 2.45) is 12.5 Å². The molecule has 0 aromatic carbocycles. The van der Waals surface area contributed by atoms with E-state index < -0.39 is 0 Å². The van der Waals surface area contributed by atoms with Crippen LogP contribution in [0.15, 0.2) is 6.20 Å². The third kappa shape index (κ3) is 1.69. The van der Waals surface area contributed by atoms with E-state index >= 15 is 0 Å². The van der Waals surface area contributed by atoms with Crippen molar-refractivity contribution in [3.05, 3.63) is 17.5 Å². The first-order valence-electron chi connectivity index (χ1n) is 5.21. The Kier molecular flexibility index (Phi) is 2.14. The molecule has 2 rings (SSSR count). The van der Waals surface area contributed by atoms with Crippen LogP contribution in [0.5, 0.6) is 0 Å². The number of hydrogen-bond acceptors (Lipinski definition) is 2. The van der Waals surface area contributed by atoms with Crippen LogP contribution in [0.2, 0.25) is 0 Å². The molecule has 1 aliphatic carbocycles. The molecule has 0 aliphatic heterocycles. The Labute approximate surface area is 85.5 Å². The third-order valence-corrected chi connectivity index (χ3v) is 3.39. The van der Waals surface area contributed by atoms with Gasteiger partial charge in [-0.25, -0.2) is 0 Å². The maximum Gasteiger partial charge on any atom is 0.0537 e. The summed E-state index contributed by atoms with van der Waals surface area (Å²) in [6.45, 7) is 7.68. The molecule has 1 N–H and O–H groups in total. The molecule has 1 fully saturated rings. The molecule has 1 saturated carbocycles. The molecule has 3 nitrogen and oxygen atoms in total. The summed E-state index contributed by atoms with van der Waals surface area (Å²) < 4.78 is 1.93. The molecule has 1 heterocycles. The average molecular weight is 193 g/mol. The van der Waals surface area contributed by atoms with E-state index in [-0.39, 0.29) is 0 Å². The van der Waals surface area contributed by atoms with E-state index in [0.29, 0.717) is 11.5 Å². The second kappa shape index (κ2) is 3.09. The normalized spacial score (nSPS) is 23.9. The van der Waals surface area contributed by atoms with Crippen LogP contribution in [-0.4, -0.2) is 15.8 Å². The Hall–Kier alpha value is -0.830. The second-order valence-electron chi connectivity index (χ2n) is 5.01. The van der Waals surface area contributed by atoms with Gasteiger partial charge in [0.2, 0.25) is 0 Å². The predicted molar refractivity (Wildman–Crippen MR) is 57.0 cm³/mol. The Morgan fingerprint density at radius 2 is 2.29 bits per heavy atom. The van der Waals surface area contributed by atoms with Gasteiger partial charge in [0.15, 0.2) is 0 Å². The van der Waals surface area contributed by atoms with Gasteiger partial charge in [0.05, 0.1) is 6.20 Å². The molecule has 78 valence electrons. The number of nitrogens with one attached hydrogen (secondary N) is 1. The van der Waals surface area contributed by atoms with E-state index in [9.17, 15) is 0 Å². The monoisotopic (exact) mass is 193 g/mol. The number of hydrogen-bond donors (Lipinski definition) is 1. The van der Waals surface area contributed by atoms with Gasteiger partial charge in [-0.2, -0.15) is 5.10 Å². The van der Waals surface area contributed by atoms with Crippen LogP contribution in [0.3, 0.4) is 0 Å². The van der Waals surface area contributed by atoms with Crippen LogP contribution in [0.25, 0.3) is 0 Å². The van der Waals surface area contributed by atoms with Crippen LogP contribution in [0.1, 0.15) is 31.5 Å². The van der Waals surface area contributed by atoms with Crippen LogP contribution < -0.4 is 5.32 Å². The fourth-order valence-electron chi connectivity index (χ4n) is 1.77. The van der Waals surface area contributed by atoms with Gasteiger partial charge >= 0.3 is 0 Å². The molecule has 1 atom stereocenters. The zero-order valence-electron chi connectivity index (χ0n) is 9.46. The van der Waals surface area contributed by atoms with Gasteiger partial charge in [0, 0.05) is 30.9 Å². The van der Waals surface area contributed by atoms with Crippen LogP contribution in [0, 0.1) is 12.3 Å². The molecule has 14 heavy (non-hydrogen) atoms. The smallest absolute Gasteiger partial charge is 0.0537 e. The minimum Gasteiger partial charge on any atom is -0.309 e. The van der Waals surface area contributed by atoms with Crippen molar-refractivity contribution in [2.75, 3.05) is 0 Å². The largest absolute Gasteiger partial charge is 0.309 e. The zero-order valence-corrected chi connectivity index (χ0v) is 9.46. The first-order valence-corrected chi connectivity index (χ1v) is 5.21. The van der Waals surface area contributed by atoms with Crippen molar-refractivity contribution < 1.29 is 0 Å². The van der Waals surface area contributed by atoms with Crippen LogP contribution >= 0.6 is 0 Å². The third-order valence-electron chi connectivity index (χ3n) is 3.39. The van der Waals surface area contributed by atoms with Gasteiger partial charge in [0.25, 0.3) is 0 Å². The van der Waals surface area contributed by atoms with Crippen molar-refractivity contribution in [1.29, 1.82) is 0 Å². The fraction of sp³-hybridized carbons (Fsp3) is 0.727. The van der Waals surface area contributed by atoms with Crippen molar-refractivity contribution in [3.63, 3.8) is 0 Å². The summed E-state index contributed by atoms with van der Waals surface area (Å²) in [7, 11) is 1.99. The van der Waals surface area contributed by atoms with Crippen molar-refractivity contribution in [1.82, 2.24) is 15.1 Å². The molecule has 1 aliphatic rings. The molecule has 0 spiro atoms. The topological polar surface area (TPSA) is 29.9 Å². The number of rotatable bonds is 3. The quantitative estimate of drug-likeness (QED) is 0.790. The van der Waals surface area contributed by atoms with E-state index in [1.165, 1.54) is 17.7 Å². The van der Waals surface area contributed by atoms with Gasteiger partial charge in [-0.15, -0.1) is 0 Å². The number of nitrogens with zero attached hydrogens (tertiary/aromatic N) is 2. The van der Waals surface area contributed by atoms with E-state index in [0.717, 1.165) is 6.54 Å². The summed E-state index contributed by atoms with van der Waals surface area (Å²) in [5.74, 6) is 0. The molecular formula is C11H19N3. The highest BCUT2D eigenvalue weighted by Gasteiger charge is 2.45. The van der Waals surface area contributed by atoms with Gasteiger partial charge in [-0.3, -0.25) is 4.68 Å². The lowest BCUT2D eigenvalue weighted by Crippen LogP contribution is -2.20. The van der Waals surface area contributed by atoms with Crippen molar-refractivity contribution in [2.45, 2.75) is 39.8 Å². The van der Waals surface area contributed by atoms with Gasteiger partial charge in [0.1, 0.15) is 0 Å². The maximum absolute atomic E-state index is 4.23. The average Bonchev–Trinajstić information content (AvgIpc) is 2.60. The van der Waals surface area contributed by atoms with Gasteiger partial charge in [-0.05, 0) is 18.8 Å². The summed E-state index contributed by atoms with van der Waals surface area (Å²) in [6, 6.07) is 0.696. The summed E-state index contributed by atoms with van der Waals surface area (Å²) in [4.78, 5) is 0. The Balaban J connectivity index is 1.90. The molecule has 0 bridgehead atoms. The summed E-state index contributed by atoms with van der Waals surface area (Å²) >= 11 is 0. The standard InChI is InChI=1S/C11H19N3/c1-8-9(7-13-14(8)4)6-12-10-5-11(10,2)3/h7,10,12H,5-6H2,1-4H3. The van der Waals surface area contributed by atoms with E-state index in [4.69, 9.17) is 0 Å². The molecule has 1 aromatic heterocycles. The highest BCUT2D eigenvalue weighted by molar-refractivity contribution is 5.16. The Morgan fingerprint density at radius 3 is 2.71 bits per heavy atom. The second-order valence-corrected chi connectivity index (χ2v) is 5.01. The van der Waals surface area contributed by atoms with Crippen molar-refractivity contribution >= 4 is 0 Å². The highest BCUT2D eigenvalue weighted by Crippen LogP contribution is 2.44. The number of aryl methyl sites for hydroxylation is 1. The minimum atomic E-state index is 0.510. The first-order chi connectivity index (χ1) is 6.50. The molecular weight excluding hydrogens is 174 g/mol. The van der Waals surface area contributed by atoms with E-state index in [1.54, 1.807) is 0 Å². The lowest BCUT2D eigenvalue weighted by Gasteiger charge is -2.05. The summed E-state index contributed by atoms with van der Waals surface area (Å²) in [5, 5.41) is 7.79. The molecule has 0 saturated heterocycles. The van der Waals surface area contributed by atoms with Gasteiger partial charge < -0.3 is 5.32 Å². The first kappa shape index (κ1) is 9.71. The van der Waals surface area contributed by atoms with Gasteiger partial charge in [-0.1, -0.05) is 13.8 Å². The SMILES string of the molecule is Cc1c(CNC2CC2(C)C)cnn1C. The Bertz CT molecular complexity index is 338. The molecule has 3 heteroatoms. The van der Waals surface area contributed by atoms with E-state index in [2.05, 4.69) is 31.2 Å². The number of aromatic nitrogens is 2. The molecule has 1 aromatic rings. The lowest BCUT2D eigenvalue weighted by molar-refractivity contribution is 0.541. The van der Waals surface area contributed by atoms with E-state index in [1.807, 2.05) is 17.9 Å². The maximum atomic E-state index is 4.23. The fourth-order valence-corrected chi connectivity index (χ4v) is 1.77. The highest BCUT2D eigenvalue weighted by atomic mass is 15.3. The molecule has 1 unspecified atom stereocenters.